The van der Waals surface area contributed by atoms with Crippen LogP contribution >= 0.6 is 0 Å². The first kappa shape index (κ1) is 18.8. The summed E-state index contributed by atoms with van der Waals surface area (Å²) in [6, 6.07) is 25.9. The SMILES string of the molecule is C#Cc1ccc(C(C)(C)COCc2cccc(Oc3ccccc3)c2)cc1. The lowest BCUT2D eigenvalue weighted by Gasteiger charge is -2.25. The summed E-state index contributed by atoms with van der Waals surface area (Å²) < 4.78 is 11.9. The topological polar surface area (TPSA) is 18.5 Å². The van der Waals surface area contributed by atoms with Gasteiger partial charge in [-0.05, 0) is 47.5 Å². The molecule has 27 heavy (non-hydrogen) atoms. The number of ether oxygens (including phenoxy) is 2. The van der Waals surface area contributed by atoms with E-state index in [0.29, 0.717) is 13.2 Å². The van der Waals surface area contributed by atoms with Crippen LogP contribution in [0.15, 0.2) is 78.9 Å². The number of benzene rings is 3. The number of hydrogen-bond acceptors (Lipinski definition) is 2. The third-order valence-corrected chi connectivity index (χ3v) is 4.44. The minimum atomic E-state index is -0.0920. The van der Waals surface area contributed by atoms with Crippen LogP contribution in [-0.2, 0) is 16.8 Å². The Balaban J connectivity index is 1.58. The van der Waals surface area contributed by atoms with Gasteiger partial charge in [-0.25, -0.2) is 0 Å². The average Bonchev–Trinajstić information content (AvgIpc) is 2.69. The van der Waals surface area contributed by atoms with Gasteiger partial charge in [0.15, 0.2) is 0 Å². The van der Waals surface area contributed by atoms with Crippen molar-refractivity contribution < 1.29 is 9.47 Å². The molecule has 0 aliphatic heterocycles. The first-order valence-corrected chi connectivity index (χ1v) is 9.03. The van der Waals surface area contributed by atoms with Crippen LogP contribution in [0.5, 0.6) is 11.5 Å². The first-order valence-electron chi connectivity index (χ1n) is 9.03. The second-order valence-corrected chi connectivity index (χ2v) is 7.16. The van der Waals surface area contributed by atoms with Gasteiger partial charge in [-0.1, -0.05) is 62.2 Å². The van der Waals surface area contributed by atoms with Crippen molar-refractivity contribution in [3.8, 4) is 23.8 Å². The molecule has 0 amide bonds. The lowest BCUT2D eigenvalue weighted by molar-refractivity contribution is 0.0824. The fourth-order valence-corrected chi connectivity index (χ4v) is 2.85. The smallest absolute Gasteiger partial charge is 0.127 e. The summed E-state index contributed by atoms with van der Waals surface area (Å²) in [6.45, 7) is 5.50. The molecule has 3 rings (SSSR count). The molecule has 0 radical (unpaired) electrons. The molecule has 0 unspecified atom stereocenters. The van der Waals surface area contributed by atoms with Gasteiger partial charge in [-0.3, -0.25) is 0 Å². The quantitative estimate of drug-likeness (QED) is 0.487. The van der Waals surface area contributed by atoms with Gasteiger partial charge in [0.2, 0.25) is 0 Å². The van der Waals surface area contributed by atoms with Gasteiger partial charge in [0.25, 0.3) is 0 Å². The molecule has 0 atom stereocenters. The maximum Gasteiger partial charge on any atom is 0.127 e. The van der Waals surface area contributed by atoms with Crippen LogP contribution in [-0.4, -0.2) is 6.61 Å². The molecule has 2 nitrogen and oxygen atoms in total. The monoisotopic (exact) mass is 356 g/mol. The van der Waals surface area contributed by atoms with E-state index in [4.69, 9.17) is 15.9 Å². The minimum Gasteiger partial charge on any atom is -0.457 e. The van der Waals surface area contributed by atoms with Crippen LogP contribution in [0.1, 0.15) is 30.5 Å². The van der Waals surface area contributed by atoms with E-state index in [9.17, 15) is 0 Å². The van der Waals surface area contributed by atoms with Gasteiger partial charge in [0.1, 0.15) is 11.5 Å². The lowest BCUT2D eigenvalue weighted by atomic mass is 9.85. The maximum atomic E-state index is 6.00. The molecule has 0 bridgehead atoms. The highest BCUT2D eigenvalue weighted by Gasteiger charge is 2.20. The number of terminal acetylenes is 1. The maximum absolute atomic E-state index is 6.00. The molecule has 3 aromatic rings. The predicted molar refractivity (Wildman–Crippen MR) is 110 cm³/mol. The molecule has 0 N–H and O–H groups in total. The Kier molecular flexibility index (Phi) is 5.96. The molecule has 0 aliphatic rings. The molecule has 0 fully saturated rings. The van der Waals surface area contributed by atoms with E-state index in [-0.39, 0.29) is 5.41 Å². The fraction of sp³-hybridized carbons (Fsp3) is 0.200. The molecular formula is C25H24O2. The largest absolute Gasteiger partial charge is 0.457 e. The number of hydrogen-bond donors (Lipinski definition) is 0. The van der Waals surface area contributed by atoms with Crippen LogP contribution in [0, 0.1) is 12.3 Å². The number of para-hydroxylation sites is 1. The van der Waals surface area contributed by atoms with E-state index in [2.05, 4.69) is 31.9 Å². The second kappa shape index (κ2) is 8.58. The van der Waals surface area contributed by atoms with Crippen molar-refractivity contribution in [1.29, 1.82) is 0 Å². The van der Waals surface area contributed by atoms with Crippen molar-refractivity contribution in [2.75, 3.05) is 6.61 Å². The average molecular weight is 356 g/mol. The molecule has 2 heteroatoms. The van der Waals surface area contributed by atoms with E-state index in [1.165, 1.54) is 5.56 Å². The molecule has 3 aromatic carbocycles. The molecular weight excluding hydrogens is 332 g/mol. The van der Waals surface area contributed by atoms with E-state index in [1.807, 2.05) is 66.7 Å². The molecule has 0 aromatic heterocycles. The van der Waals surface area contributed by atoms with Crippen LogP contribution < -0.4 is 4.74 Å². The van der Waals surface area contributed by atoms with Crippen molar-refractivity contribution in [1.82, 2.24) is 0 Å². The van der Waals surface area contributed by atoms with Crippen molar-refractivity contribution in [2.24, 2.45) is 0 Å². The highest BCUT2D eigenvalue weighted by atomic mass is 16.5. The predicted octanol–water partition coefficient (Wildman–Crippen LogP) is 5.95. The summed E-state index contributed by atoms with van der Waals surface area (Å²) in [5.74, 6) is 4.29. The van der Waals surface area contributed by atoms with Crippen LogP contribution in [0.25, 0.3) is 0 Å². The molecule has 0 saturated carbocycles. The Hall–Kier alpha value is -3.02. The lowest BCUT2D eigenvalue weighted by Crippen LogP contribution is -2.24. The highest BCUT2D eigenvalue weighted by molar-refractivity contribution is 5.37. The zero-order chi connectivity index (χ0) is 19.1. The second-order valence-electron chi connectivity index (χ2n) is 7.16. The molecule has 0 saturated heterocycles. The Morgan fingerprint density at radius 1 is 0.852 bits per heavy atom. The Morgan fingerprint density at radius 2 is 1.56 bits per heavy atom. The Labute approximate surface area is 161 Å². The molecule has 0 spiro atoms. The van der Waals surface area contributed by atoms with E-state index in [1.54, 1.807) is 0 Å². The summed E-state index contributed by atoms with van der Waals surface area (Å²) in [4.78, 5) is 0. The van der Waals surface area contributed by atoms with Gasteiger partial charge >= 0.3 is 0 Å². The van der Waals surface area contributed by atoms with Gasteiger partial charge < -0.3 is 9.47 Å². The summed E-state index contributed by atoms with van der Waals surface area (Å²) in [6.07, 6.45) is 5.43. The summed E-state index contributed by atoms with van der Waals surface area (Å²) >= 11 is 0. The zero-order valence-corrected chi connectivity index (χ0v) is 15.8. The van der Waals surface area contributed by atoms with Gasteiger partial charge in [0, 0.05) is 11.0 Å². The normalized spacial score (nSPS) is 11.0. The summed E-state index contributed by atoms with van der Waals surface area (Å²) in [5, 5.41) is 0. The fourth-order valence-electron chi connectivity index (χ4n) is 2.85. The van der Waals surface area contributed by atoms with E-state index < -0.39 is 0 Å². The van der Waals surface area contributed by atoms with Crippen molar-refractivity contribution >= 4 is 0 Å². The van der Waals surface area contributed by atoms with Crippen molar-refractivity contribution in [3.05, 3.63) is 95.6 Å². The third kappa shape index (κ3) is 5.23. The Bertz CT molecular complexity index is 903. The summed E-state index contributed by atoms with van der Waals surface area (Å²) in [7, 11) is 0. The van der Waals surface area contributed by atoms with Crippen molar-refractivity contribution in [3.63, 3.8) is 0 Å². The van der Waals surface area contributed by atoms with Gasteiger partial charge in [-0.15, -0.1) is 6.42 Å². The standard InChI is InChI=1S/C25H24O2/c1-4-20-13-15-22(16-14-20)25(2,3)19-26-18-21-9-8-12-24(17-21)27-23-10-6-5-7-11-23/h1,5-17H,18-19H2,2-3H3. The molecule has 0 heterocycles. The summed E-state index contributed by atoms with van der Waals surface area (Å²) in [5.41, 5.74) is 3.10. The minimum absolute atomic E-state index is 0.0920. The van der Waals surface area contributed by atoms with Crippen LogP contribution in [0.2, 0.25) is 0 Å². The van der Waals surface area contributed by atoms with Crippen molar-refractivity contribution in [2.45, 2.75) is 25.9 Å². The zero-order valence-electron chi connectivity index (χ0n) is 15.8. The molecule has 136 valence electrons. The third-order valence-electron chi connectivity index (χ3n) is 4.44. The highest BCUT2D eigenvalue weighted by Crippen LogP contribution is 2.25. The van der Waals surface area contributed by atoms with Gasteiger partial charge in [-0.2, -0.15) is 0 Å². The van der Waals surface area contributed by atoms with Gasteiger partial charge in [0.05, 0.1) is 13.2 Å². The van der Waals surface area contributed by atoms with Crippen LogP contribution in [0.4, 0.5) is 0 Å². The van der Waals surface area contributed by atoms with E-state index >= 15 is 0 Å². The Morgan fingerprint density at radius 3 is 2.26 bits per heavy atom. The number of rotatable bonds is 7. The molecule has 0 aliphatic carbocycles. The van der Waals surface area contributed by atoms with E-state index in [0.717, 1.165) is 22.6 Å². The first-order chi connectivity index (χ1) is 13.1. The van der Waals surface area contributed by atoms with Crippen LogP contribution in [0.3, 0.4) is 0 Å².